The quantitative estimate of drug-likeness (QED) is 0.775. The molecule has 0 aromatic heterocycles. The van der Waals surface area contributed by atoms with Crippen LogP contribution in [0, 0.1) is 5.92 Å². The van der Waals surface area contributed by atoms with E-state index in [-0.39, 0.29) is 6.04 Å². The zero-order valence-electron chi connectivity index (χ0n) is 10.5. The zero-order valence-corrected chi connectivity index (χ0v) is 10.5. The first-order valence-electron chi connectivity index (χ1n) is 6.70. The summed E-state index contributed by atoms with van der Waals surface area (Å²) in [5.74, 6) is 1.01. The fourth-order valence-corrected chi connectivity index (χ4v) is 3.11. The standard InChI is InChI=1S/C13H24N2O/c1-10-7-8-15(11-5-3-4-6-11)13(16)12(9-10)14-2/h10-12,14H,3-9H2,1-2H3. The summed E-state index contributed by atoms with van der Waals surface area (Å²) in [7, 11) is 1.91. The van der Waals surface area contributed by atoms with Crippen molar-refractivity contribution in [2.45, 2.75) is 57.5 Å². The molecule has 2 atom stereocenters. The lowest BCUT2D eigenvalue weighted by atomic mass is 10.0. The van der Waals surface area contributed by atoms with Crippen LogP contribution in [0.3, 0.4) is 0 Å². The van der Waals surface area contributed by atoms with Gasteiger partial charge in [-0.25, -0.2) is 0 Å². The average molecular weight is 224 g/mol. The number of rotatable bonds is 2. The number of amides is 1. The van der Waals surface area contributed by atoms with Gasteiger partial charge in [0.05, 0.1) is 6.04 Å². The molecule has 1 saturated carbocycles. The largest absolute Gasteiger partial charge is 0.338 e. The van der Waals surface area contributed by atoms with Crippen LogP contribution >= 0.6 is 0 Å². The van der Waals surface area contributed by atoms with E-state index in [0.717, 1.165) is 13.0 Å². The number of likely N-dealkylation sites (N-methyl/N-ethyl adjacent to an activating group) is 1. The Kier molecular flexibility index (Phi) is 3.85. The molecule has 0 aromatic rings. The molecule has 1 N–H and O–H groups in total. The summed E-state index contributed by atoms with van der Waals surface area (Å²) >= 11 is 0. The molecule has 3 heteroatoms. The third kappa shape index (κ3) is 2.40. The third-order valence-corrected chi connectivity index (χ3v) is 4.20. The van der Waals surface area contributed by atoms with Crippen LogP contribution in [0.15, 0.2) is 0 Å². The number of carbonyl (C=O) groups excluding carboxylic acids is 1. The molecule has 1 heterocycles. The van der Waals surface area contributed by atoms with Crippen LogP contribution in [0.4, 0.5) is 0 Å². The van der Waals surface area contributed by atoms with E-state index in [4.69, 9.17) is 0 Å². The average Bonchev–Trinajstić information content (AvgIpc) is 2.75. The molecule has 0 bridgehead atoms. The number of nitrogens with zero attached hydrogens (tertiary/aromatic N) is 1. The van der Waals surface area contributed by atoms with Crippen LogP contribution in [0.25, 0.3) is 0 Å². The maximum Gasteiger partial charge on any atom is 0.239 e. The molecule has 16 heavy (non-hydrogen) atoms. The lowest BCUT2D eigenvalue weighted by molar-refractivity contribution is -0.135. The molecule has 1 amide bonds. The molecule has 1 aliphatic heterocycles. The van der Waals surface area contributed by atoms with Crippen LogP contribution < -0.4 is 5.32 Å². The SMILES string of the molecule is CNC1CC(C)CCN(C2CCCC2)C1=O. The second-order valence-corrected chi connectivity index (χ2v) is 5.44. The van der Waals surface area contributed by atoms with Crippen molar-refractivity contribution in [3.05, 3.63) is 0 Å². The van der Waals surface area contributed by atoms with Crippen molar-refractivity contribution in [3.63, 3.8) is 0 Å². The van der Waals surface area contributed by atoms with Crippen molar-refractivity contribution < 1.29 is 4.79 Å². The minimum atomic E-state index is 0.0538. The Bertz CT molecular complexity index is 248. The normalized spacial score (nSPS) is 33.1. The first kappa shape index (κ1) is 11.9. The number of hydrogen-bond acceptors (Lipinski definition) is 2. The summed E-state index contributed by atoms with van der Waals surface area (Å²) in [6.45, 7) is 3.23. The molecule has 92 valence electrons. The van der Waals surface area contributed by atoms with E-state index in [2.05, 4.69) is 17.1 Å². The molecule has 2 unspecified atom stereocenters. The number of hydrogen-bond donors (Lipinski definition) is 1. The van der Waals surface area contributed by atoms with Gasteiger partial charge in [-0.15, -0.1) is 0 Å². The smallest absolute Gasteiger partial charge is 0.239 e. The summed E-state index contributed by atoms with van der Waals surface area (Å²) in [5.41, 5.74) is 0. The summed E-state index contributed by atoms with van der Waals surface area (Å²) in [6.07, 6.45) is 7.20. The van der Waals surface area contributed by atoms with Crippen molar-refractivity contribution in [1.82, 2.24) is 10.2 Å². The predicted molar refractivity (Wildman–Crippen MR) is 65.2 cm³/mol. The van der Waals surface area contributed by atoms with E-state index in [1.54, 1.807) is 0 Å². The Morgan fingerprint density at radius 2 is 1.94 bits per heavy atom. The van der Waals surface area contributed by atoms with Gasteiger partial charge in [-0.2, -0.15) is 0 Å². The molecule has 2 aliphatic rings. The fraction of sp³-hybridized carbons (Fsp3) is 0.923. The van der Waals surface area contributed by atoms with Gasteiger partial charge >= 0.3 is 0 Å². The van der Waals surface area contributed by atoms with Gasteiger partial charge in [-0.1, -0.05) is 19.8 Å². The monoisotopic (exact) mass is 224 g/mol. The Hall–Kier alpha value is -0.570. The Morgan fingerprint density at radius 3 is 2.56 bits per heavy atom. The highest BCUT2D eigenvalue weighted by molar-refractivity contribution is 5.82. The first-order chi connectivity index (χ1) is 7.72. The second-order valence-electron chi connectivity index (χ2n) is 5.44. The maximum atomic E-state index is 12.4. The minimum absolute atomic E-state index is 0.0538. The van der Waals surface area contributed by atoms with Gasteiger partial charge in [-0.3, -0.25) is 4.79 Å². The Morgan fingerprint density at radius 1 is 1.25 bits per heavy atom. The van der Waals surface area contributed by atoms with Crippen LogP contribution in [0.1, 0.15) is 45.4 Å². The van der Waals surface area contributed by atoms with Crippen molar-refractivity contribution in [2.24, 2.45) is 5.92 Å². The van der Waals surface area contributed by atoms with Crippen LogP contribution in [0.2, 0.25) is 0 Å². The third-order valence-electron chi connectivity index (χ3n) is 4.20. The second kappa shape index (κ2) is 5.17. The molecular formula is C13H24N2O. The van der Waals surface area contributed by atoms with E-state index >= 15 is 0 Å². The van der Waals surface area contributed by atoms with Gasteiger partial charge in [-0.05, 0) is 38.6 Å². The highest BCUT2D eigenvalue weighted by Crippen LogP contribution is 2.27. The zero-order chi connectivity index (χ0) is 11.5. The molecule has 3 nitrogen and oxygen atoms in total. The molecule has 1 aliphatic carbocycles. The fourth-order valence-electron chi connectivity index (χ4n) is 3.11. The molecule has 0 radical (unpaired) electrons. The first-order valence-corrected chi connectivity index (χ1v) is 6.70. The Balaban J connectivity index is 2.07. The van der Waals surface area contributed by atoms with Crippen LogP contribution in [0.5, 0.6) is 0 Å². The predicted octanol–water partition coefficient (Wildman–Crippen LogP) is 1.78. The highest BCUT2D eigenvalue weighted by Gasteiger charge is 2.33. The van der Waals surface area contributed by atoms with Gasteiger partial charge < -0.3 is 10.2 Å². The van der Waals surface area contributed by atoms with Gasteiger partial charge in [0.15, 0.2) is 0 Å². The van der Waals surface area contributed by atoms with Crippen molar-refractivity contribution in [2.75, 3.05) is 13.6 Å². The van der Waals surface area contributed by atoms with Crippen LogP contribution in [-0.2, 0) is 4.79 Å². The topological polar surface area (TPSA) is 32.3 Å². The van der Waals surface area contributed by atoms with Crippen LogP contribution in [-0.4, -0.2) is 36.5 Å². The summed E-state index contributed by atoms with van der Waals surface area (Å²) in [6, 6.07) is 0.590. The van der Waals surface area contributed by atoms with Crippen molar-refractivity contribution in [3.8, 4) is 0 Å². The summed E-state index contributed by atoms with van der Waals surface area (Å²) in [4.78, 5) is 14.5. The molecule has 2 fully saturated rings. The molecule has 2 rings (SSSR count). The van der Waals surface area contributed by atoms with Gasteiger partial charge in [0.25, 0.3) is 0 Å². The van der Waals surface area contributed by atoms with Gasteiger partial charge in [0, 0.05) is 12.6 Å². The van der Waals surface area contributed by atoms with E-state index < -0.39 is 0 Å². The lowest BCUT2D eigenvalue weighted by Gasteiger charge is -2.30. The Labute approximate surface area is 98.6 Å². The summed E-state index contributed by atoms with van der Waals surface area (Å²) in [5, 5.41) is 3.19. The summed E-state index contributed by atoms with van der Waals surface area (Å²) < 4.78 is 0. The molecule has 1 saturated heterocycles. The number of carbonyl (C=O) groups is 1. The van der Waals surface area contributed by atoms with Crippen molar-refractivity contribution >= 4 is 5.91 Å². The van der Waals surface area contributed by atoms with Gasteiger partial charge in [0.2, 0.25) is 5.91 Å². The molecule has 0 spiro atoms. The van der Waals surface area contributed by atoms with E-state index in [1.807, 2.05) is 7.05 Å². The van der Waals surface area contributed by atoms with E-state index in [9.17, 15) is 4.79 Å². The minimum Gasteiger partial charge on any atom is -0.338 e. The van der Waals surface area contributed by atoms with Gasteiger partial charge in [0.1, 0.15) is 0 Å². The molecular weight excluding hydrogens is 200 g/mol. The maximum absolute atomic E-state index is 12.4. The number of likely N-dealkylation sites (tertiary alicyclic amines) is 1. The number of nitrogens with one attached hydrogen (secondary N) is 1. The van der Waals surface area contributed by atoms with Crippen molar-refractivity contribution in [1.29, 1.82) is 0 Å². The lowest BCUT2D eigenvalue weighted by Crippen LogP contribution is -2.47. The highest BCUT2D eigenvalue weighted by atomic mass is 16.2. The van der Waals surface area contributed by atoms with E-state index in [0.29, 0.717) is 17.9 Å². The molecule has 0 aromatic carbocycles. The van der Waals surface area contributed by atoms with E-state index in [1.165, 1.54) is 32.1 Å².